The molecule has 0 radical (unpaired) electrons. The quantitative estimate of drug-likeness (QED) is 0.675. The minimum Gasteiger partial charge on any atom is -0.319 e. The first-order valence-electron chi connectivity index (χ1n) is 5.34. The molecule has 86 valence electrons. The van der Waals surface area contributed by atoms with E-state index >= 15 is 0 Å². The zero-order valence-corrected chi connectivity index (χ0v) is 9.37. The summed E-state index contributed by atoms with van der Waals surface area (Å²) >= 11 is 0. The van der Waals surface area contributed by atoms with Crippen LogP contribution in [0.1, 0.15) is 0 Å². The molecular weight excluding hydrogens is 218 g/mol. The van der Waals surface area contributed by atoms with Gasteiger partial charge in [0.1, 0.15) is 0 Å². The van der Waals surface area contributed by atoms with Gasteiger partial charge in [0, 0.05) is 19.8 Å². The predicted molar refractivity (Wildman–Crippen MR) is 61.3 cm³/mol. The minimum absolute atomic E-state index is 0.0545. The number of aromatic nitrogens is 2. The van der Waals surface area contributed by atoms with Gasteiger partial charge in [-0.1, -0.05) is 0 Å². The van der Waals surface area contributed by atoms with Crippen molar-refractivity contribution >= 4 is 17.4 Å². The fraction of sp³-hybridized carbons (Fsp3) is 0.364. The van der Waals surface area contributed by atoms with Gasteiger partial charge in [-0.15, -0.1) is 0 Å². The second-order valence-electron chi connectivity index (χ2n) is 4.25. The lowest BCUT2D eigenvalue weighted by molar-refractivity contribution is 0.201. The standard InChI is InChI=1S/C11H11N5O/c1-12-8-4-13-16(5-8)10-3-9-6-15(7-10)11(17)14(9)2/h3-5,9H,6-7H2,2H3. The van der Waals surface area contributed by atoms with Crippen molar-refractivity contribution in [3.05, 3.63) is 29.9 Å². The number of rotatable bonds is 1. The van der Waals surface area contributed by atoms with Crippen LogP contribution in [0.3, 0.4) is 0 Å². The molecule has 6 heteroatoms. The lowest BCUT2D eigenvalue weighted by Gasteiger charge is -2.21. The Kier molecular flexibility index (Phi) is 1.95. The Hall–Kier alpha value is -2.29. The van der Waals surface area contributed by atoms with E-state index in [2.05, 4.69) is 9.94 Å². The number of amides is 2. The van der Waals surface area contributed by atoms with E-state index in [9.17, 15) is 4.79 Å². The van der Waals surface area contributed by atoms with E-state index < -0.39 is 0 Å². The molecule has 0 aromatic carbocycles. The van der Waals surface area contributed by atoms with E-state index in [4.69, 9.17) is 6.57 Å². The molecule has 2 bridgehead atoms. The van der Waals surface area contributed by atoms with Crippen LogP contribution in [0.4, 0.5) is 10.5 Å². The highest BCUT2D eigenvalue weighted by Gasteiger charge is 2.37. The molecule has 1 aromatic heterocycles. The van der Waals surface area contributed by atoms with Crippen LogP contribution < -0.4 is 0 Å². The topological polar surface area (TPSA) is 45.7 Å². The predicted octanol–water partition coefficient (Wildman–Crippen LogP) is 1.02. The summed E-state index contributed by atoms with van der Waals surface area (Å²) in [5.74, 6) is 0. The summed E-state index contributed by atoms with van der Waals surface area (Å²) in [6.45, 7) is 8.21. The number of carbonyl (C=O) groups excluding carboxylic acids is 1. The average Bonchev–Trinajstić information content (AvgIpc) is 2.91. The van der Waals surface area contributed by atoms with Crippen molar-refractivity contribution in [1.29, 1.82) is 0 Å². The van der Waals surface area contributed by atoms with Gasteiger partial charge in [-0.25, -0.2) is 9.64 Å². The Morgan fingerprint density at radius 2 is 2.41 bits per heavy atom. The fourth-order valence-corrected chi connectivity index (χ4v) is 2.24. The molecule has 1 saturated heterocycles. The molecular formula is C11H11N5O. The Balaban J connectivity index is 1.94. The molecule has 3 rings (SSSR count). The molecule has 2 aliphatic rings. The SMILES string of the molecule is [C-]#[N+]c1cnn(C2=CC3CN(C2)C(=O)N3C)c1. The zero-order valence-electron chi connectivity index (χ0n) is 9.37. The third kappa shape index (κ3) is 1.40. The molecule has 1 atom stereocenters. The smallest absolute Gasteiger partial charge is 0.319 e. The molecule has 1 aromatic rings. The number of fused-ring (bicyclic) bond motifs is 2. The third-order valence-corrected chi connectivity index (χ3v) is 3.21. The van der Waals surface area contributed by atoms with Crippen LogP contribution in [-0.4, -0.2) is 51.8 Å². The Morgan fingerprint density at radius 3 is 3.06 bits per heavy atom. The van der Waals surface area contributed by atoms with Crippen LogP contribution in [-0.2, 0) is 0 Å². The minimum atomic E-state index is 0.0545. The number of likely N-dealkylation sites (N-methyl/N-ethyl adjacent to an activating group) is 1. The molecule has 0 spiro atoms. The van der Waals surface area contributed by atoms with E-state index in [-0.39, 0.29) is 12.1 Å². The van der Waals surface area contributed by atoms with Crippen LogP contribution in [0.5, 0.6) is 0 Å². The van der Waals surface area contributed by atoms with Crippen molar-refractivity contribution in [2.24, 2.45) is 0 Å². The van der Waals surface area contributed by atoms with Crippen LogP contribution in [0, 0.1) is 6.57 Å². The van der Waals surface area contributed by atoms with E-state index in [0.29, 0.717) is 12.2 Å². The van der Waals surface area contributed by atoms with Crippen LogP contribution in [0.25, 0.3) is 10.5 Å². The first kappa shape index (κ1) is 9.90. The van der Waals surface area contributed by atoms with Crippen molar-refractivity contribution in [2.75, 3.05) is 20.1 Å². The molecule has 3 heterocycles. The Bertz CT molecular complexity index is 552. The van der Waals surface area contributed by atoms with Crippen LogP contribution >= 0.6 is 0 Å². The average molecular weight is 229 g/mol. The van der Waals surface area contributed by atoms with Gasteiger partial charge in [0.25, 0.3) is 0 Å². The van der Waals surface area contributed by atoms with Gasteiger partial charge in [0.05, 0.1) is 31.1 Å². The number of urea groups is 1. The number of hydrogen-bond donors (Lipinski definition) is 0. The van der Waals surface area contributed by atoms with Gasteiger partial charge in [0.2, 0.25) is 5.69 Å². The summed E-state index contributed by atoms with van der Waals surface area (Å²) in [6, 6.07) is 0.172. The van der Waals surface area contributed by atoms with E-state index in [1.165, 1.54) is 6.20 Å². The second-order valence-corrected chi connectivity index (χ2v) is 4.25. The zero-order chi connectivity index (χ0) is 12.0. The Labute approximate surface area is 98.5 Å². The van der Waals surface area contributed by atoms with Crippen LogP contribution in [0.2, 0.25) is 0 Å². The van der Waals surface area contributed by atoms with Gasteiger partial charge in [-0.05, 0) is 6.08 Å². The molecule has 0 aliphatic carbocycles. The number of hydrogen-bond acceptors (Lipinski definition) is 2. The lowest BCUT2D eigenvalue weighted by atomic mass is 10.2. The molecule has 6 nitrogen and oxygen atoms in total. The summed E-state index contributed by atoms with van der Waals surface area (Å²) < 4.78 is 1.68. The van der Waals surface area contributed by atoms with Gasteiger partial charge < -0.3 is 9.80 Å². The summed E-state index contributed by atoms with van der Waals surface area (Å²) in [6.07, 6.45) is 5.27. The summed E-state index contributed by atoms with van der Waals surface area (Å²) in [5, 5.41) is 4.14. The largest absolute Gasteiger partial charge is 0.320 e. The molecule has 0 saturated carbocycles. The molecule has 1 unspecified atom stereocenters. The van der Waals surface area contributed by atoms with Crippen molar-refractivity contribution in [1.82, 2.24) is 19.6 Å². The highest BCUT2D eigenvalue weighted by atomic mass is 16.2. The maximum atomic E-state index is 11.8. The van der Waals surface area contributed by atoms with E-state index in [1.54, 1.807) is 27.7 Å². The highest BCUT2D eigenvalue weighted by Crippen LogP contribution is 2.25. The molecule has 0 N–H and O–H groups in total. The highest BCUT2D eigenvalue weighted by molar-refractivity contribution is 5.80. The van der Waals surface area contributed by atoms with Crippen molar-refractivity contribution < 1.29 is 4.79 Å². The van der Waals surface area contributed by atoms with Crippen molar-refractivity contribution in [2.45, 2.75) is 6.04 Å². The summed E-state index contributed by atoms with van der Waals surface area (Å²) in [7, 11) is 1.81. The molecule has 1 fully saturated rings. The van der Waals surface area contributed by atoms with Gasteiger partial charge in [-0.2, -0.15) is 5.10 Å². The number of carbonyl (C=O) groups is 1. The summed E-state index contributed by atoms with van der Waals surface area (Å²) in [5.41, 5.74) is 1.47. The molecule has 2 aliphatic heterocycles. The monoisotopic (exact) mass is 229 g/mol. The van der Waals surface area contributed by atoms with Gasteiger partial charge in [-0.3, -0.25) is 4.68 Å². The molecule has 2 amide bonds. The first-order valence-corrected chi connectivity index (χ1v) is 5.34. The first-order chi connectivity index (χ1) is 8.19. The van der Waals surface area contributed by atoms with Gasteiger partial charge in [0.15, 0.2) is 0 Å². The van der Waals surface area contributed by atoms with Crippen molar-refractivity contribution in [3.8, 4) is 0 Å². The maximum Gasteiger partial charge on any atom is 0.320 e. The second kappa shape index (κ2) is 3.35. The fourth-order valence-electron chi connectivity index (χ4n) is 2.24. The van der Waals surface area contributed by atoms with E-state index in [1.807, 2.05) is 6.08 Å². The van der Waals surface area contributed by atoms with Gasteiger partial charge >= 0.3 is 6.03 Å². The Morgan fingerprint density at radius 1 is 1.59 bits per heavy atom. The normalized spacial score (nSPS) is 22.7. The van der Waals surface area contributed by atoms with E-state index in [0.717, 1.165) is 12.2 Å². The maximum absolute atomic E-state index is 11.8. The van der Waals surface area contributed by atoms with Crippen molar-refractivity contribution in [3.63, 3.8) is 0 Å². The lowest BCUT2D eigenvalue weighted by Crippen LogP contribution is -2.31. The number of nitrogens with zero attached hydrogens (tertiary/aromatic N) is 5. The third-order valence-electron chi connectivity index (χ3n) is 3.21. The molecule has 17 heavy (non-hydrogen) atoms. The summed E-state index contributed by atoms with van der Waals surface area (Å²) in [4.78, 5) is 18.6. The van der Waals surface area contributed by atoms with Crippen LogP contribution in [0.15, 0.2) is 18.5 Å².